The maximum absolute atomic E-state index is 12.8. The van der Waals surface area contributed by atoms with E-state index in [1.165, 1.54) is 0 Å². The normalized spacial score (nSPS) is 15.4. The zero-order valence-electron chi connectivity index (χ0n) is 14.8. The fourth-order valence-electron chi connectivity index (χ4n) is 2.60. The van der Waals surface area contributed by atoms with E-state index in [2.05, 4.69) is 41.5 Å². The highest BCUT2D eigenvalue weighted by molar-refractivity contribution is 5.79. The zero-order chi connectivity index (χ0) is 16.5. The standard InChI is InChI=1S/C19H30O2/c1-14-10-9-11-15(12-14)21-16(20)19(8,18(5,6)7)13-17(2,3)4/h9-12H,13H2,1-8H3. The largest absolute Gasteiger partial charge is 0.426 e. The summed E-state index contributed by atoms with van der Waals surface area (Å²) in [5.74, 6) is 0.486. The summed E-state index contributed by atoms with van der Waals surface area (Å²) in [5.41, 5.74) is 0.456. The summed E-state index contributed by atoms with van der Waals surface area (Å²) in [6.07, 6.45) is 0.786. The van der Waals surface area contributed by atoms with Crippen LogP contribution in [0.4, 0.5) is 0 Å². The molecule has 0 aliphatic heterocycles. The molecule has 0 saturated carbocycles. The van der Waals surface area contributed by atoms with Crippen molar-refractivity contribution < 1.29 is 9.53 Å². The van der Waals surface area contributed by atoms with Crippen molar-refractivity contribution in [1.29, 1.82) is 0 Å². The van der Waals surface area contributed by atoms with E-state index in [1.54, 1.807) is 0 Å². The van der Waals surface area contributed by atoms with Crippen LogP contribution in [-0.4, -0.2) is 5.97 Å². The molecule has 1 rings (SSSR count). The van der Waals surface area contributed by atoms with Gasteiger partial charge >= 0.3 is 5.97 Å². The van der Waals surface area contributed by atoms with E-state index in [0.29, 0.717) is 5.75 Å². The molecule has 0 fully saturated rings. The summed E-state index contributed by atoms with van der Waals surface area (Å²) in [4.78, 5) is 12.8. The van der Waals surface area contributed by atoms with Gasteiger partial charge in [0.2, 0.25) is 0 Å². The van der Waals surface area contributed by atoms with Crippen molar-refractivity contribution >= 4 is 5.97 Å². The van der Waals surface area contributed by atoms with Crippen LogP contribution in [0.15, 0.2) is 24.3 Å². The summed E-state index contributed by atoms with van der Waals surface area (Å²) in [6.45, 7) is 16.8. The topological polar surface area (TPSA) is 26.3 Å². The molecule has 0 bridgehead atoms. The van der Waals surface area contributed by atoms with Gasteiger partial charge in [-0.05, 0) is 48.8 Å². The predicted octanol–water partition coefficient (Wildman–Crippen LogP) is 5.39. The zero-order valence-corrected chi connectivity index (χ0v) is 14.8. The van der Waals surface area contributed by atoms with Crippen LogP contribution >= 0.6 is 0 Å². The highest BCUT2D eigenvalue weighted by Crippen LogP contribution is 2.47. The third-order valence-electron chi connectivity index (χ3n) is 4.19. The minimum atomic E-state index is -0.533. The molecule has 0 radical (unpaired) electrons. The number of benzene rings is 1. The number of ether oxygens (including phenoxy) is 1. The third kappa shape index (κ3) is 4.59. The molecular weight excluding hydrogens is 260 g/mol. The van der Waals surface area contributed by atoms with Gasteiger partial charge < -0.3 is 4.74 Å². The molecule has 0 saturated heterocycles. The first-order valence-corrected chi connectivity index (χ1v) is 7.64. The van der Waals surface area contributed by atoms with Crippen LogP contribution in [0, 0.1) is 23.2 Å². The smallest absolute Gasteiger partial charge is 0.317 e. The van der Waals surface area contributed by atoms with E-state index in [4.69, 9.17) is 4.74 Å². The first kappa shape index (κ1) is 17.7. The Kier molecular flexibility index (Phi) is 4.92. The molecule has 0 aromatic heterocycles. The number of carbonyl (C=O) groups is 1. The summed E-state index contributed by atoms with van der Waals surface area (Å²) >= 11 is 0. The Morgan fingerprint density at radius 2 is 1.62 bits per heavy atom. The van der Waals surface area contributed by atoms with Crippen molar-refractivity contribution in [2.45, 2.75) is 61.8 Å². The maximum Gasteiger partial charge on any atom is 0.317 e. The van der Waals surface area contributed by atoms with Crippen molar-refractivity contribution in [2.75, 3.05) is 0 Å². The van der Waals surface area contributed by atoms with E-state index in [-0.39, 0.29) is 16.8 Å². The molecule has 0 N–H and O–H groups in total. The SMILES string of the molecule is Cc1cccc(OC(=O)C(C)(CC(C)(C)C)C(C)(C)C)c1. The summed E-state index contributed by atoms with van der Waals surface area (Å²) in [7, 11) is 0. The van der Waals surface area contributed by atoms with Gasteiger partial charge in [-0.3, -0.25) is 4.79 Å². The van der Waals surface area contributed by atoms with E-state index >= 15 is 0 Å². The highest BCUT2D eigenvalue weighted by Gasteiger charge is 2.47. The molecule has 1 unspecified atom stereocenters. The number of hydrogen-bond donors (Lipinski definition) is 0. The molecule has 2 nitrogen and oxygen atoms in total. The van der Waals surface area contributed by atoms with Crippen LogP contribution in [0.25, 0.3) is 0 Å². The van der Waals surface area contributed by atoms with Gasteiger partial charge in [0.05, 0.1) is 5.41 Å². The predicted molar refractivity (Wildman–Crippen MR) is 88.4 cm³/mol. The molecule has 0 aliphatic carbocycles. The Bertz CT molecular complexity index is 503. The Balaban J connectivity index is 3.07. The van der Waals surface area contributed by atoms with E-state index in [9.17, 15) is 4.79 Å². The van der Waals surface area contributed by atoms with Crippen LogP contribution in [0.2, 0.25) is 0 Å². The minimum Gasteiger partial charge on any atom is -0.426 e. The second-order valence-corrected chi connectivity index (χ2v) is 8.53. The Morgan fingerprint density at radius 1 is 1.05 bits per heavy atom. The molecule has 0 aliphatic rings. The fourth-order valence-corrected chi connectivity index (χ4v) is 2.60. The number of rotatable bonds is 3. The molecule has 2 heteroatoms. The summed E-state index contributed by atoms with van der Waals surface area (Å²) in [5, 5.41) is 0. The molecule has 0 heterocycles. The molecular formula is C19H30O2. The summed E-state index contributed by atoms with van der Waals surface area (Å²) in [6, 6.07) is 7.65. The van der Waals surface area contributed by atoms with Crippen LogP contribution in [0.5, 0.6) is 5.75 Å². The number of aryl methyl sites for hydroxylation is 1. The molecule has 1 atom stereocenters. The van der Waals surface area contributed by atoms with Gasteiger partial charge in [-0.2, -0.15) is 0 Å². The lowest BCUT2D eigenvalue weighted by molar-refractivity contribution is -0.154. The first-order chi connectivity index (χ1) is 9.35. The quantitative estimate of drug-likeness (QED) is 0.551. The Hall–Kier alpha value is -1.31. The second-order valence-electron chi connectivity index (χ2n) is 8.53. The number of carbonyl (C=O) groups excluding carboxylic acids is 1. The molecule has 0 amide bonds. The average Bonchev–Trinajstić information content (AvgIpc) is 2.24. The van der Waals surface area contributed by atoms with Crippen LogP contribution < -0.4 is 4.74 Å². The van der Waals surface area contributed by atoms with Gasteiger partial charge in [0.25, 0.3) is 0 Å². The Labute approximate surface area is 129 Å². The molecule has 21 heavy (non-hydrogen) atoms. The fraction of sp³-hybridized carbons (Fsp3) is 0.632. The Morgan fingerprint density at radius 3 is 2.05 bits per heavy atom. The minimum absolute atomic E-state index is 0.0631. The van der Waals surface area contributed by atoms with Crippen LogP contribution in [-0.2, 0) is 4.79 Å². The van der Waals surface area contributed by atoms with Crippen molar-refractivity contribution in [1.82, 2.24) is 0 Å². The lowest BCUT2D eigenvalue weighted by Crippen LogP contribution is -2.45. The van der Waals surface area contributed by atoms with Gasteiger partial charge in [-0.25, -0.2) is 0 Å². The van der Waals surface area contributed by atoms with Crippen molar-refractivity contribution in [3.05, 3.63) is 29.8 Å². The lowest BCUT2D eigenvalue weighted by Gasteiger charge is -2.43. The average molecular weight is 290 g/mol. The van der Waals surface area contributed by atoms with Gasteiger partial charge in [-0.15, -0.1) is 0 Å². The highest BCUT2D eigenvalue weighted by atomic mass is 16.5. The van der Waals surface area contributed by atoms with Crippen molar-refractivity contribution in [2.24, 2.45) is 16.2 Å². The second kappa shape index (κ2) is 5.82. The van der Waals surface area contributed by atoms with Gasteiger partial charge in [0, 0.05) is 0 Å². The molecule has 1 aromatic rings. The van der Waals surface area contributed by atoms with Crippen LogP contribution in [0.1, 0.15) is 60.5 Å². The van der Waals surface area contributed by atoms with Crippen LogP contribution in [0.3, 0.4) is 0 Å². The van der Waals surface area contributed by atoms with Crippen molar-refractivity contribution in [3.63, 3.8) is 0 Å². The maximum atomic E-state index is 12.8. The van der Waals surface area contributed by atoms with E-state index in [1.807, 2.05) is 38.1 Å². The number of hydrogen-bond acceptors (Lipinski definition) is 2. The summed E-state index contributed by atoms with van der Waals surface area (Å²) < 4.78 is 5.69. The molecule has 1 aromatic carbocycles. The van der Waals surface area contributed by atoms with Gasteiger partial charge in [0.1, 0.15) is 5.75 Å². The van der Waals surface area contributed by atoms with Crippen molar-refractivity contribution in [3.8, 4) is 5.75 Å². The first-order valence-electron chi connectivity index (χ1n) is 7.64. The van der Waals surface area contributed by atoms with Gasteiger partial charge in [-0.1, -0.05) is 53.7 Å². The number of esters is 1. The van der Waals surface area contributed by atoms with Gasteiger partial charge in [0.15, 0.2) is 0 Å². The lowest BCUT2D eigenvalue weighted by atomic mass is 9.61. The van der Waals surface area contributed by atoms with E-state index in [0.717, 1.165) is 12.0 Å². The molecule has 0 spiro atoms. The monoisotopic (exact) mass is 290 g/mol. The third-order valence-corrected chi connectivity index (χ3v) is 4.19. The molecule has 118 valence electrons. The van der Waals surface area contributed by atoms with E-state index < -0.39 is 5.41 Å².